The Balaban J connectivity index is 2.24. The van der Waals surface area contributed by atoms with Crippen molar-refractivity contribution < 1.29 is 17.7 Å². The van der Waals surface area contributed by atoms with Crippen LogP contribution in [-0.2, 0) is 10.0 Å². The van der Waals surface area contributed by atoms with E-state index in [0.29, 0.717) is 5.92 Å². The second kappa shape index (κ2) is 5.45. The van der Waals surface area contributed by atoms with Crippen LogP contribution in [0.2, 0.25) is 0 Å². The molecule has 1 aromatic carbocycles. The highest BCUT2D eigenvalue weighted by Gasteiger charge is 2.32. The smallest absolute Gasteiger partial charge is 0.258 e. The average Bonchev–Trinajstić information content (AvgIpc) is 3.19. The fourth-order valence-electron chi connectivity index (χ4n) is 2.04. The standard InChI is InChI=1S/C12H15FN2O4S/c1-8(9-5-6-9)7-14-20(18,19)11-4-2-3-10(13)12(11)15(16)17/h2-4,8-9,14H,5-7H2,1H3. The third-order valence-corrected chi connectivity index (χ3v) is 4.90. The molecular weight excluding hydrogens is 287 g/mol. The van der Waals surface area contributed by atoms with E-state index in [1.807, 2.05) is 6.92 Å². The first-order chi connectivity index (χ1) is 9.33. The fraction of sp³-hybridized carbons (Fsp3) is 0.500. The number of hydrogen-bond donors (Lipinski definition) is 1. The van der Waals surface area contributed by atoms with Crippen LogP contribution in [0, 0.1) is 27.8 Å². The number of benzene rings is 1. The van der Waals surface area contributed by atoms with Crippen LogP contribution >= 0.6 is 0 Å². The summed E-state index contributed by atoms with van der Waals surface area (Å²) in [5, 5.41) is 10.8. The van der Waals surface area contributed by atoms with Crippen molar-refractivity contribution in [1.82, 2.24) is 4.72 Å². The third kappa shape index (κ3) is 3.13. The van der Waals surface area contributed by atoms with Crippen molar-refractivity contribution in [2.45, 2.75) is 24.7 Å². The third-order valence-electron chi connectivity index (χ3n) is 3.44. The summed E-state index contributed by atoms with van der Waals surface area (Å²) in [7, 11) is -4.09. The zero-order valence-electron chi connectivity index (χ0n) is 10.9. The van der Waals surface area contributed by atoms with Gasteiger partial charge in [0.25, 0.3) is 0 Å². The van der Waals surface area contributed by atoms with E-state index in [9.17, 15) is 22.9 Å². The van der Waals surface area contributed by atoms with E-state index in [0.717, 1.165) is 31.0 Å². The van der Waals surface area contributed by atoms with E-state index in [-0.39, 0.29) is 12.5 Å². The summed E-state index contributed by atoms with van der Waals surface area (Å²) in [4.78, 5) is 9.17. The highest BCUT2D eigenvalue weighted by atomic mass is 32.2. The summed E-state index contributed by atoms with van der Waals surface area (Å²) in [6, 6.07) is 3.04. The fourth-order valence-corrected chi connectivity index (χ4v) is 3.36. The van der Waals surface area contributed by atoms with Crippen molar-refractivity contribution >= 4 is 15.7 Å². The van der Waals surface area contributed by atoms with Gasteiger partial charge in [0.2, 0.25) is 15.8 Å². The van der Waals surface area contributed by atoms with Crippen LogP contribution < -0.4 is 4.72 Å². The molecule has 110 valence electrons. The van der Waals surface area contributed by atoms with E-state index < -0.39 is 31.3 Å². The quantitative estimate of drug-likeness (QED) is 0.643. The summed E-state index contributed by atoms with van der Waals surface area (Å²) in [6.07, 6.45) is 2.14. The Hall–Kier alpha value is -1.54. The molecule has 0 aromatic heterocycles. The molecule has 0 bridgehead atoms. The van der Waals surface area contributed by atoms with E-state index in [1.54, 1.807) is 0 Å². The van der Waals surface area contributed by atoms with Crippen LogP contribution in [0.3, 0.4) is 0 Å². The van der Waals surface area contributed by atoms with Crippen molar-refractivity contribution in [3.63, 3.8) is 0 Å². The van der Waals surface area contributed by atoms with Gasteiger partial charge >= 0.3 is 5.69 Å². The molecule has 0 heterocycles. The molecule has 6 nitrogen and oxygen atoms in total. The summed E-state index contributed by atoms with van der Waals surface area (Å²) >= 11 is 0. The Bertz CT molecular complexity index is 628. The Morgan fingerprint density at radius 3 is 2.70 bits per heavy atom. The highest BCUT2D eigenvalue weighted by molar-refractivity contribution is 7.89. The number of halogens is 1. The summed E-state index contributed by atoms with van der Waals surface area (Å²) in [6.45, 7) is 2.11. The van der Waals surface area contributed by atoms with Crippen LogP contribution in [0.15, 0.2) is 23.1 Å². The van der Waals surface area contributed by atoms with Crippen molar-refractivity contribution in [2.75, 3.05) is 6.54 Å². The number of para-hydroxylation sites is 1. The maximum absolute atomic E-state index is 13.4. The first kappa shape index (κ1) is 14.9. The normalized spacial score (nSPS) is 16.9. The Morgan fingerprint density at radius 2 is 2.15 bits per heavy atom. The van der Waals surface area contributed by atoms with E-state index in [4.69, 9.17) is 0 Å². The van der Waals surface area contributed by atoms with Gasteiger partial charge in [0.1, 0.15) is 0 Å². The van der Waals surface area contributed by atoms with Gasteiger partial charge in [0.05, 0.1) is 4.92 Å². The van der Waals surface area contributed by atoms with Gasteiger partial charge in [-0.2, -0.15) is 4.39 Å². The first-order valence-corrected chi connectivity index (χ1v) is 7.74. The minimum absolute atomic E-state index is 0.164. The number of nitro benzene ring substituents is 1. The van der Waals surface area contributed by atoms with E-state index in [2.05, 4.69) is 4.72 Å². The number of nitrogens with one attached hydrogen (secondary N) is 1. The van der Waals surface area contributed by atoms with Crippen LogP contribution in [0.4, 0.5) is 10.1 Å². The topological polar surface area (TPSA) is 89.3 Å². The van der Waals surface area contributed by atoms with Crippen LogP contribution in [0.25, 0.3) is 0 Å². The summed E-state index contributed by atoms with van der Waals surface area (Å²) < 4.78 is 39.9. The number of nitrogens with zero attached hydrogens (tertiary/aromatic N) is 1. The molecule has 8 heteroatoms. The Kier molecular flexibility index (Phi) is 4.05. The highest BCUT2D eigenvalue weighted by Crippen LogP contribution is 2.36. The van der Waals surface area contributed by atoms with E-state index >= 15 is 0 Å². The van der Waals surface area contributed by atoms with Gasteiger partial charge in [-0.3, -0.25) is 10.1 Å². The molecule has 1 aliphatic carbocycles. The zero-order chi connectivity index (χ0) is 14.9. The molecule has 1 saturated carbocycles. The molecule has 1 fully saturated rings. The van der Waals surface area contributed by atoms with Gasteiger partial charge in [-0.05, 0) is 36.8 Å². The largest absolute Gasteiger partial charge is 0.324 e. The van der Waals surface area contributed by atoms with Gasteiger partial charge in [-0.15, -0.1) is 0 Å². The maximum atomic E-state index is 13.4. The zero-order valence-corrected chi connectivity index (χ0v) is 11.7. The number of nitro groups is 1. The molecule has 1 aliphatic rings. The lowest BCUT2D eigenvalue weighted by atomic mass is 10.1. The SMILES string of the molecule is CC(CNS(=O)(=O)c1cccc(F)c1[N+](=O)[O-])C1CC1. The molecule has 1 N–H and O–H groups in total. The molecule has 1 aromatic rings. The molecule has 0 spiro atoms. The molecule has 0 saturated heterocycles. The molecule has 0 radical (unpaired) electrons. The van der Waals surface area contributed by atoms with Crippen LogP contribution in [-0.4, -0.2) is 19.9 Å². The van der Waals surface area contributed by atoms with Crippen molar-refractivity contribution in [1.29, 1.82) is 0 Å². The minimum atomic E-state index is -4.09. The maximum Gasteiger partial charge on any atom is 0.324 e. The first-order valence-electron chi connectivity index (χ1n) is 6.25. The van der Waals surface area contributed by atoms with Crippen LogP contribution in [0.5, 0.6) is 0 Å². The molecular formula is C12H15FN2O4S. The molecule has 1 unspecified atom stereocenters. The lowest BCUT2D eigenvalue weighted by Crippen LogP contribution is -2.29. The second-order valence-electron chi connectivity index (χ2n) is 5.01. The van der Waals surface area contributed by atoms with E-state index in [1.165, 1.54) is 0 Å². The summed E-state index contributed by atoms with van der Waals surface area (Å²) in [5.74, 6) is -0.495. The van der Waals surface area contributed by atoms with Gasteiger partial charge in [-0.25, -0.2) is 13.1 Å². The van der Waals surface area contributed by atoms with Gasteiger partial charge < -0.3 is 0 Å². The molecule has 0 aliphatic heterocycles. The number of hydrogen-bond acceptors (Lipinski definition) is 4. The van der Waals surface area contributed by atoms with Crippen molar-refractivity contribution in [3.8, 4) is 0 Å². The number of sulfonamides is 1. The summed E-state index contributed by atoms with van der Waals surface area (Å²) in [5.41, 5.74) is -1.01. The van der Waals surface area contributed by atoms with Gasteiger partial charge in [-0.1, -0.05) is 13.0 Å². The van der Waals surface area contributed by atoms with Crippen LogP contribution in [0.1, 0.15) is 19.8 Å². The molecule has 2 rings (SSSR count). The monoisotopic (exact) mass is 302 g/mol. The molecule has 0 amide bonds. The predicted octanol–water partition coefficient (Wildman–Crippen LogP) is 2.06. The lowest BCUT2D eigenvalue weighted by molar-refractivity contribution is -0.390. The van der Waals surface area contributed by atoms with Gasteiger partial charge in [0, 0.05) is 6.54 Å². The Labute approximate surface area is 116 Å². The molecule has 1 atom stereocenters. The minimum Gasteiger partial charge on any atom is -0.258 e. The number of rotatable bonds is 6. The van der Waals surface area contributed by atoms with Gasteiger partial charge in [0.15, 0.2) is 4.90 Å². The lowest BCUT2D eigenvalue weighted by Gasteiger charge is -2.12. The Morgan fingerprint density at radius 1 is 1.50 bits per heavy atom. The predicted molar refractivity (Wildman–Crippen MR) is 70.1 cm³/mol. The van der Waals surface area contributed by atoms with Crippen molar-refractivity contribution in [3.05, 3.63) is 34.1 Å². The average molecular weight is 302 g/mol. The second-order valence-corrected chi connectivity index (χ2v) is 6.75. The van der Waals surface area contributed by atoms with Crippen molar-refractivity contribution in [2.24, 2.45) is 11.8 Å². The molecule has 20 heavy (non-hydrogen) atoms.